The minimum atomic E-state index is -2.16. The molecular formula is C42H69NO6Si2. The van der Waals surface area contributed by atoms with Gasteiger partial charge in [0, 0.05) is 38.1 Å². The Bertz CT molecular complexity index is 1430. The van der Waals surface area contributed by atoms with Gasteiger partial charge in [0.25, 0.3) is 0 Å². The first-order valence-corrected chi connectivity index (χ1v) is 25.2. The minimum absolute atomic E-state index is 0.0172. The maximum atomic E-state index is 14.2. The van der Waals surface area contributed by atoms with Crippen LogP contribution in [0.25, 0.3) is 0 Å². The summed E-state index contributed by atoms with van der Waals surface area (Å²) in [7, 11) is -2.32. The molecule has 9 heteroatoms. The van der Waals surface area contributed by atoms with E-state index in [1.807, 2.05) is 78.0 Å². The number of amides is 1. The highest BCUT2D eigenvalue weighted by Crippen LogP contribution is 2.47. The van der Waals surface area contributed by atoms with Crippen LogP contribution in [-0.4, -0.2) is 65.3 Å². The van der Waals surface area contributed by atoms with Gasteiger partial charge in [-0.05, 0) is 100 Å². The lowest BCUT2D eigenvalue weighted by atomic mass is 9.66. The zero-order chi connectivity index (χ0) is 39.1. The molecular weight excluding hydrogens is 671 g/mol. The topological polar surface area (TPSA) is 74.3 Å². The lowest BCUT2D eigenvalue weighted by Gasteiger charge is -2.46. The molecule has 1 aromatic rings. The maximum absolute atomic E-state index is 14.2. The van der Waals surface area contributed by atoms with Crippen molar-refractivity contribution in [2.24, 2.45) is 23.7 Å². The summed E-state index contributed by atoms with van der Waals surface area (Å²) < 4.78 is 25.7. The van der Waals surface area contributed by atoms with E-state index in [9.17, 15) is 9.59 Å². The van der Waals surface area contributed by atoms with Gasteiger partial charge in [-0.15, -0.1) is 5.54 Å². The summed E-state index contributed by atoms with van der Waals surface area (Å²) >= 11 is 0. The molecule has 1 amide bonds. The van der Waals surface area contributed by atoms with Crippen LogP contribution in [0.1, 0.15) is 94.2 Å². The zero-order valence-corrected chi connectivity index (χ0v) is 36.9. The largest absolute Gasteiger partial charge is 0.455 e. The molecule has 0 heterocycles. The SMILES string of the molecule is CO[C@@H](C(=O)O[C@H](/C=C(\C)C#C[Si](C)(C)C)[C@H]1C(C)=C(OC(=O)N(C(C)C)C(C)C)C[C@H](C(C)C)[C@H]1CO[Si](C)(C)C(C)(C)C)c1ccccc1. The van der Waals surface area contributed by atoms with Crippen LogP contribution >= 0.6 is 0 Å². The number of rotatable bonds is 13. The fraction of sp³-hybridized carbons (Fsp3) is 0.667. The van der Waals surface area contributed by atoms with Crippen LogP contribution in [0.4, 0.5) is 4.79 Å². The van der Waals surface area contributed by atoms with Crippen LogP contribution in [0.3, 0.4) is 0 Å². The average molecular weight is 740 g/mol. The van der Waals surface area contributed by atoms with Crippen molar-refractivity contribution in [1.82, 2.24) is 4.90 Å². The van der Waals surface area contributed by atoms with Crippen molar-refractivity contribution in [2.75, 3.05) is 13.7 Å². The van der Waals surface area contributed by atoms with Gasteiger partial charge in [-0.2, -0.15) is 0 Å². The molecule has 1 aliphatic carbocycles. The Morgan fingerprint density at radius 1 is 0.980 bits per heavy atom. The van der Waals surface area contributed by atoms with Crippen LogP contribution in [0.5, 0.6) is 0 Å². The zero-order valence-electron chi connectivity index (χ0n) is 34.9. The van der Waals surface area contributed by atoms with Gasteiger partial charge in [0.2, 0.25) is 0 Å². The number of allylic oxidation sites excluding steroid dienone is 2. The van der Waals surface area contributed by atoms with Crippen LogP contribution < -0.4 is 0 Å². The quantitative estimate of drug-likeness (QED) is 0.114. The van der Waals surface area contributed by atoms with Gasteiger partial charge < -0.3 is 23.5 Å². The fourth-order valence-electron chi connectivity index (χ4n) is 6.54. The molecule has 0 radical (unpaired) electrons. The van der Waals surface area contributed by atoms with Gasteiger partial charge in [-0.1, -0.05) is 90.5 Å². The maximum Gasteiger partial charge on any atom is 0.415 e. The minimum Gasteiger partial charge on any atom is -0.455 e. The molecule has 1 aliphatic rings. The molecule has 0 aromatic heterocycles. The van der Waals surface area contributed by atoms with Crippen molar-refractivity contribution in [1.29, 1.82) is 0 Å². The molecule has 0 unspecified atom stereocenters. The Morgan fingerprint density at radius 3 is 2.02 bits per heavy atom. The monoisotopic (exact) mass is 739 g/mol. The van der Waals surface area contributed by atoms with E-state index in [-0.39, 0.29) is 46.9 Å². The Hall–Kier alpha value is -2.65. The van der Waals surface area contributed by atoms with Gasteiger partial charge in [0.05, 0.1) is 0 Å². The van der Waals surface area contributed by atoms with Gasteiger partial charge in [0.15, 0.2) is 14.4 Å². The molecule has 2 rings (SSSR count). The lowest BCUT2D eigenvalue weighted by Crippen LogP contribution is -2.48. The smallest absolute Gasteiger partial charge is 0.415 e. The Morgan fingerprint density at radius 2 is 1.55 bits per heavy atom. The van der Waals surface area contributed by atoms with E-state index in [2.05, 4.69) is 78.8 Å². The van der Waals surface area contributed by atoms with Gasteiger partial charge in [-0.3, -0.25) is 0 Å². The summed E-state index contributed by atoms with van der Waals surface area (Å²) in [5, 5.41) is 0.0172. The summed E-state index contributed by atoms with van der Waals surface area (Å²) in [6.45, 7) is 34.9. The van der Waals surface area contributed by atoms with E-state index in [1.54, 1.807) is 4.90 Å². The van der Waals surface area contributed by atoms with E-state index < -0.39 is 34.6 Å². The lowest BCUT2D eigenvalue weighted by molar-refractivity contribution is -0.162. The van der Waals surface area contributed by atoms with Crippen molar-refractivity contribution < 1.29 is 28.2 Å². The second-order valence-corrected chi connectivity index (χ2v) is 27.3. The molecule has 5 atom stereocenters. The normalized spacial score (nSPS) is 20.2. The van der Waals surface area contributed by atoms with Crippen molar-refractivity contribution in [3.63, 3.8) is 0 Å². The van der Waals surface area contributed by atoms with Gasteiger partial charge >= 0.3 is 12.1 Å². The molecule has 7 nitrogen and oxygen atoms in total. The highest BCUT2D eigenvalue weighted by Gasteiger charge is 2.47. The van der Waals surface area contributed by atoms with Gasteiger partial charge in [0.1, 0.15) is 19.9 Å². The standard InChI is InChI=1S/C42H69NO6Si2/c1-28(2)34-26-36(49-41(45)43(29(3)4)30(5)6)32(8)38(35(34)27-47-51(16,17)42(9,10)11)37(25-31(7)23-24-50(13,14)15)48-40(44)39(46-12)33-21-19-18-20-22-33/h18-22,25,28-30,34-35,37-39H,26-27H2,1-17H3/b31-25+/t34-,35-,37-,38+,39-/m1/s1. The predicted molar refractivity (Wildman–Crippen MR) is 215 cm³/mol. The number of carbonyl (C=O) groups excluding carboxylic acids is 2. The first kappa shape index (κ1) is 44.5. The van der Waals surface area contributed by atoms with E-state index in [0.717, 1.165) is 11.1 Å². The molecule has 0 aliphatic heterocycles. The van der Waals surface area contributed by atoms with Crippen LogP contribution in [-0.2, 0) is 23.4 Å². The molecule has 0 spiro atoms. The highest BCUT2D eigenvalue weighted by molar-refractivity contribution is 6.83. The number of carbonyl (C=O) groups is 2. The van der Waals surface area contributed by atoms with E-state index in [1.165, 1.54) is 7.11 Å². The molecule has 1 aromatic carbocycles. The Balaban J connectivity index is 2.88. The number of nitrogens with zero attached hydrogens (tertiary/aromatic N) is 1. The third-order valence-corrected chi connectivity index (χ3v) is 15.8. The molecule has 286 valence electrons. The third-order valence-electron chi connectivity index (χ3n) is 10.4. The summed E-state index contributed by atoms with van der Waals surface area (Å²) in [5.74, 6) is 3.50. The number of hydrogen-bond donors (Lipinski definition) is 0. The number of methoxy groups -OCH3 is 1. The first-order chi connectivity index (χ1) is 23.4. The number of esters is 1. The van der Waals surface area contributed by atoms with Crippen molar-refractivity contribution in [2.45, 2.75) is 145 Å². The van der Waals surface area contributed by atoms with Crippen LogP contribution in [0, 0.1) is 35.1 Å². The molecule has 0 N–H and O–H groups in total. The molecule has 0 fully saturated rings. The van der Waals surface area contributed by atoms with Crippen LogP contribution in [0.15, 0.2) is 53.3 Å². The number of hydrogen-bond acceptors (Lipinski definition) is 6. The van der Waals surface area contributed by atoms with Crippen molar-refractivity contribution in [3.8, 4) is 11.5 Å². The summed E-state index contributed by atoms with van der Waals surface area (Å²) in [4.78, 5) is 29.7. The fourth-order valence-corrected chi connectivity index (χ4v) is 8.16. The second kappa shape index (κ2) is 18.4. The molecule has 0 bridgehead atoms. The van der Waals surface area contributed by atoms with Crippen molar-refractivity contribution >= 4 is 28.5 Å². The van der Waals surface area contributed by atoms with E-state index in [0.29, 0.717) is 24.4 Å². The number of ether oxygens (including phenoxy) is 3. The molecule has 51 heavy (non-hydrogen) atoms. The highest BCUT2D eigenvalue weighted by atomic mass is 28.4. The summed E-state index contributed by atoms with van der Waals surface area (Å²) in [5.41, 5.74) is 5.91. The Kier molecular flexibility index (Phi) is 16.1. The predicted octanol–water partition coefficient (Wildman–Crippen LogP) is 10.6. The van der Waals surface area contributed by atoms with Gasteiger partial charge in [-0.25, -0.2) is 9.59 Å². The molecule has 0 saturated carbocycles. The third kappa shape index (κ3) is 12.5. The second-order valence-electron chi connectivity index (χ2n) is 17.7. The van der Waals surface area contributed by atoms with Crippen LogP contribution in [0.2, 0.25) is 37.8 Å². The average Bonchev–Trinajstić information content (AvgIpc) is 2.99. The summed E-state index contributed by atoms with van der Waals surface area (Å²) in [6, 6.07) is 9.36. The molecule has 0 saturated heterocycles. The van der Waals surface area contributed by atoms with E-state index >= 15 is 0 Å². The van der Waals surface area contributed by atoms with Crippen molar-refractivity contribution in [3.05, 3.63) is 58.9 Å². The first-order valence-electron chi connectivity index (χ1n) is 18.7. The Labute approximate surface area is 313 Å². The van der Waals surface area contributed by atoms with E-state index in [4.69, 9.17) is 18.6 Å². The summed E-state index contributed by atoms with van der Waals surface area (Å²) in [6.07, 6.45) is 0.590. The number of benzene rings is 1.